The molecule has 0 spiro atoms. The van der Waals surface area contributed by atoms with Crippen LogP contribution in [0.5, 0.6) is 5.75 Å². The van der Waals surface area contributed by atoms with Crippen LogP contribution in [0.15, 0.2) is 54.9 Å². The summed E-state index contributed by atoms with van der Waals surface area (Å²) in [6, 6.07) is 15.0. The summed E-state index contributed by atoms with van der Waals surface area (Å²) in [6.45, 7) is 6.17. The van der Waals surface area contributed by atoms with Crippen molar-refractivity contribution in [3.05, 3.63) is 60.4 Å². The Labute approximate surface area is 154 Å². The highest BCUT2D eigenvalue weighted by Crippen LogP contribution is 2.30. The van der Waals surface area contributed by atoms with Crippen molar-refractivity contribution in [2.24, 2.45) is 0 Å². The van der Waals surface area contributed by atoms with Gasteiger partial charge in [-0.05, 0) is 30.7 Å². The number of benzene rings is 2. The Hall–Kier alpha value is -2.66. The average molecular weight is 348 g/mol. The van der Waals surface area contributed by atoms with Crippen LogP contribution in [0.1, 0.15) is 12.5 Å². The van der Waals surface area contributed by atoms with Gasteiger partial charge < -0.3 is 9.64 Å². The molecule has 0 bridgehead atoms. The maximum Gasteiger partial charge on any atom is 0.142 e. The van der Waals surface area contributed by atoms with Gasteiger partial charge in [0.05, 0.1) is 23.8 Å². The minimum Gasteiger partial charge on any atom is -0.495 e. The van der Waals surface area contributed by atoms with E-state index in [1.807, 2.05) is 18.2 Å². The van der Waals surface area contributed by atoms with Gasteiger partial charge in [0.25, 0.3) is 0 Å². The molecule has 3 aromatic rings. The second-order valence-electron chi connectivity index (χ2n) is 6.78. The molecule has 0 aliphatic carbocycles. The second-order valence-corrected chi connectivity index (χ2v) is 6.78. The minimum atomic E-state index is 0.445. The van der Waals surface area contributed by atoms with Gasteiger partial charge in [-0.25, -0.2) is 0 Å². The maximum absolute atomic E-state index is 5.53. The molecule has 2 heterocycles. The van der Waals surface area contributed by atoms with Crippen molar-refractivity contribution in [1.29, 1.82) is 0 Å². The highest BCUT2D eigenvalue weighted by Gasteiger charge is 2.25. The molecular weight excluding hydrogens is 324 g/mol. The summed E-state index contributed by atoms with van der Waals surface area (Å²) in [5.41, 5.74) is 4.39. The van der Waals surface area contributed by atoms with Crippen LogP contribution in [0.2, 0.25) is 0 Å². The Morgan fingerprint density at radius 2 is 1.88 bits per heavy atom. The van der Waals surface area contributed by atoms with E-state index in [0.717, 1.165) is 43.0 Å². The topological polar surface area (TPSA) is 41.5 Å². The molecule has 134 valence electrons. The molecule has 5 heteroatoms. The number of methoxy groups -OCH3 is 1. The first-order chi connectivity index (χ1) is 12.8. The van der Waals surface area contributed by atoms with E-state index in [1.54, 1.807) is 19.5 Å². The van der Waals surface area contributed by atoms with Gasteiger partial charge in [-0.15, -0.1) is 0 Å². The van der Waals surface area contributed by atoms with Crippen molar-refractivity contribution in [2.75, 3.05) is 31.6 Å². The zero-order valence-electron chi connectivity index (χ0n) is 15.3. The molecule has 0 amide bonds. The van der Waals surface area contributed by atoms with Gasteiger partial charge >= 0.3 is 0 Å². The first kappa shape index (κ1) is 16.8. The Balaban J connectivity index is 1.51. The Bertz CT molecular complexity index is 893. The van der Waals surface area contributed by atoms with Gasteiger partial charge in [0, 0.05) is 44.6 Å². The molecule has 0 radical (unpaired) electrons. The molecule has 26 heavy (non-hydrogen) atoms. The van der Waals surface area contributed by atoms with Gasteiger partial charge in [0.15, 0.2) is 0 Å². The van der Waals surface area contributed by atoms with Crippen molar-refractivity contribution < 1.29 is 4.74 Å². The predicted octanol–water partition coefficient (Wildman–Crippen LogP) is 3.35. The van der Waals surface area contributed by atoms with Gasteiger partial charge in [-0.2, -0.15) is 0 Å². The lowest BCUT2D eigenvalue weighted by Gasteiger charge is -2.41. The lowest BCUT2D eigenvalue weighted by Crippen LogP contribution is -2.51. The largest absolute Gasteiger partial charge is 0.495 e. The number of para-hydroxylation sites is 3. The van der Waals surface area contributed by atoms with Crippen LogP contribution in [-0.4, -0.2) is 47.7 Å². The molecule has 1 fully saturated rings. The quantitative estimate of drug-likeness (QED) is 0.723. The van der Waals surface area contributed by atoms with E-state index in [4.69, 9.17) is 4.74 Å². The smallest absolute Gasteiger partial charge is 0.142 e. The molecule has 0 unspecified atom stereocenters. The van der Waals surface area contributed by atoms with Crippen LogP contribution in [0.3, 0.4) is 0 Å². The average Bonchev–Trinajstić information content (AvgIpc) is 2.69. The summed E-state index contributed by atoms with van der Waals surface area (Å²) >= 11 is 0. The van der Waals surface area contributed by atoms with Crippen LogP contribution >= 0.6 is 0 Å². The molecule has 0 N–H and O–H groups in total. The normalized spacial score (nSPS) is 18.2. The third kappa shape index (κ3) is 3.22. The molecule has 1 atom stereocenters. The fourth-order valence-electron chi connectivity index (χ4n) is 3.74. The zero-order chi connectivity index (χ0) is 17.9. The first-order valence-electron chi connectivity index (χ1n) is 9.07. The number of hydrogen-bond acceptors (Lipinski definition) is 5. The van der Waals surface area contributed by atoms with Gasteiger partial charge in [-0.1, -0.05) is 24.3 Å². The number of hydrogen-bond donors (Lipinski definition) is 0. The van der Waals surface area contributed by atoms with Crippen LogP contribution in [-0.2, 0) is 6.54 Å². The van der Waals surface area contributed by atoms with E-state index in [1.165, 1.54) is 11.3 Å². The number of aromatic nitrogens is 2. The van der Waals surface area contributed by atoms with E-state index in [9.17, 15) is 0 Å². The molecule has 0 saturated carbocycles. The molecule has 1 saturated heterocycles. The van der Waals surface area contributed by atoms with Gasteiger partial charge in [0.2, 0.25) is 0 Å². The summed E-state index contributed by atoms with van der Waals surface area (Å²) in [6.07, 6.45) is 3.52. The summed E-state index contributed by atoms with van der Waals surface area (Å²) in [5, 5.41) is 0. The fraction of sp³-hybridized carbons (Fsp3) is 0.333. The number of rotatable bonds is 4. The monoisotopic (exact) mass is 348 g/mol. The van der Waals surface area contributed by atoms with Crippen LogP contribution in [0.25, 0.3) is 11.0 Å². The predicted molar refractivity (Wildman–Crippen MR) is 105 cm³/mol. The van der Waals surface area contributed by atoms with Crippen molar-refractivity contribution >= 4 is 16.7 Å². The molecule has 4 rings (SSSR count). The Kier molecular flexibility index (Phi) is 4.71. The second kappa shape index (κ2) is 7.30. The molecular formula is C21H24N4O. The number of anilines is 1. The highest BCUT2D eigenvalue weighted by molar-refractivity contribution is 5.77. The summed E-state index contributed by atoms with van der Waals surface area (Å²) in [5.74, 6) is 0.942. The molecule has 2 aromatic carbocycles. The highest BCUT2D eigenvalue weighted by atomic mass is 16.5. The molecule has 1 aromatic heterocycles. The molecule has 1 aliphatic heterocycles. The first-order valence-corrected chi connectivity index (χ1v) is 9.07. The van der Waals surface area contributed by atoms with Crippen LogP contribution in [0.4, 0.5) is 5.69 Å². The maximum atomic E-state index is 5.53. The van der Waals surface area contributed by atoms with Crippen molar-refractivity contribution in [1.82, 2.24) is 14.9 Å². The minimum absolute atomic E-state index is 0.445. The van der Waals surface area contributed by atoms with Crippen molar-refractivity contribution in [3.8, 4) is 5.75 Å². The van der Waals surface area contributed by atoms with Gasteiger partial charge in [-0.3, -0.25) is 14.9 Å². The molecule has 1 aliphatic rings. The Morgan fingerprint density at radius 3 is 2.73 bits per heavy atom. The lowest BCUT2D eigenvalue weighted by molar-refractivity contribution is 0.181. The van der Waals surface area contributed by atoms with Crippen LogP contribution in [0, 0.1) is 0 Å². The van der Waals surface area contributed by atoms with E-state index in [2.05, 4.69) is 51.0 Å². The SMILES string of the molecule is COc1ccccc1N1CCN(Cc2cccc3nccnc23)[C@@H](C)C1. The summed E-state index contributed by atoms with van der Waals surface area (Å²) in [4.78, 5) is 13.9. The van der Waals surface area contributed by atoms with Crippen LogP contribution < -0.4 is 9.64 Å². The number of fused-ring (bicyclic) bond motifs is 1. The third-order valence-electron chi connectivity index (χ3n) is 5.15. The van der Waals surface area contributed by atoms with Crippen molar-refractivity contribution in [3.63, 3.8) is 0 Å². The summed E-state index contributed by atoms with van der Waals surface area (Å²) in [7, 11) is 1.74. The standard InChI is InChI=1S/C21H24N4O/c1-16-14-25(19-8-3-4-9-20(19)26-2)13-12-24(16)15-17-6-5-7-18-21(17)23-11-10-22-18/h3-11,16H,12-15H2,1-2H3/t16-/m0/s1. The third-order valence-corrected chi connectivity index (χ3v) is 5.15. The number of ether oxygens (including phenoxy) is 1. The Morgan fingerprint density at radius 1 is 1.04 bits per heavy atom. The van der Waals surface area contributed by atoms with Crippen molar-refractivity contribution in [2.45, 2.75) is 19.5 Å². The van der Waals surface area contributed by atoms with E-state index >= 15 is 0 Å². The summed E-state index contributed by atoms with van der Waals surface area (Å²) < 4.78 is 5.53. The number of piperazine rings is 1. The molecule has 5 nitrogen and oxygen atoms in total. The van der Waals surface area contributed by atoms with E-state index in [0.29, 0.717) is 6.04 Å². The lowest BCUT2D eigenvalue weighted by atomic mass is 10.1. The fourth-order valence-corrected chi connectivity index (χ4v) is 3.74. The van der Waals surface area contributed by atoms with E-state index in [-0.39, 0.29) is 0 Å². The zero-order valence-corrected chi connectivity index (χ0v) is 15.3. The van der Waals surface area contributed by atoms with E-state index < -0.39 is 0 Å². The number of nitrogens with zero attached hydrogens (tertiary/aromatic N) is 4. The van der Waals surface area contributed by atoms with Gasteiger partial charge in [0.1, 0.15) is 5.75 Å².